The van der Waals surface area contributed by atoms with Gasteiger partial charge in [-0.15, -0.1) is 0 Å². The van der Waals surface area contributed by atoms with Crippen LogP contribution >= 0.6 is 35.4 Å². The average Bonchev–Trinajstić information content (AvgIpc) is 2.94. The number of ether oxygens (including phenoxy) is 2. The molecule has 2 fully saturated rings. The summed E-state index contributed by atoms with van der Waals surface area (Å²) < 4.78 is 10.7. The number of anilines is 3. The molecule has 0 N–H and O–H groups in total. The number of methoxy groups -OCH3 is 1. The van der Waals surface area contributed by atoms with Gasteiger partial charge in [0.05, 0.1) is 36.7 Å². The SMILES string of the molecule is COc1ccc(/C=C2\C(=O)N(c3ccc(N4CCOCC4)cc3)C(=S)N(c3cc(Cl)ccc3Cl)C2=O)cc1. The minimum atomic E-state index is -0.596. The topological polar surface area (TPSA) is 62.3 Å². The number of hydrogen-bond acceptors (Lipinski definition) is 6. The van der Waals surface area contributed by atoms with E-state index >= 15 is 0 Å². The Labute approximate surface area is 235 Å². The van der Waals surface area contributed by atoms with Gasteiger partial charge in [0, 0.05) is 23.8 Å². The third-order valence-corrected chi connectivity index (χ3v) is 7.23. The van der Waals surface area contributed by atoms with E-state index in [1.165, 1.54) is 15.9 Å². The van der Waals surface area contributed by atoms with Crippen LogP contribution in [-0.2, 0) is 14.3 Å². The van der Waals surface area contributed by atoms with E-state index in [4.69, 9.17) is 44.9 Å². The maximum absolute atomic E-state index is 13.8. The van der Waals surface area contributed by atoms with Gasteiger partial charge in [-0.2, -0.15) is 0 Å². The van der Waals surface area contributed by atoms with Gasteiger partial charge in [-0.1, -0.05) is 35.3 Å². The van der Waals surface area contributed by atoms with Crippen molar-refractivity contribution in [2.45, 2.75) is 0 Å². The highest BCUT2D eigenvalue weighted by Crippen LogP contribution is 2.36. The van der Waals surface area contributed by atoms with Crippen molar-refractivity contribution in [3.63, 3.8) is 0 Å². The molecule has 194 valence electrons. The van der Waals surface area contributed by atoms with Crippen molar-refractivity contribution < 1.29 is 19.1 Å². The van der Waals surface area contributed by atoms with Crippen molar-refractivity contribution in [1.82, 2.24) is 0 Å². The molecule has 0 aromatic heterocycles. The molecule has 2 saturated heterocycles. The van der Waals surface area contributed by atoms with Gasteiger partial charge >= 0.3 is 0 Å². The van der Waals surface area contributed by atoms with Gasteiger partial charge in [-0.25, -0.2) is 0 Å². The molecule has 0 aliphatic carbocycles. The number of amides is 2. The number of carbonyl (C=O) groups excluding carboxylic acids is 2. The number of benzene rings is 3. The molecule has 2 aliphatic heterocycles. The van der Waals surface area contributed by atoms with Crippen LogP contribution in [0.5, 0.6) is 5.75 Å². The molecule has 2 amide bonds. The number of nitrogens with zero attached hydrogens (tertiary/aromatic N) is 3. The number of rotatable bonds is 5. The smallest absolute Gasteiger partial charge is 0.270 e. The molecule has 0 spiro atoms. The Bertz CT molecular complexity index is 1420. The van der Waals surface area contributed by atoms with Crippen molar-refractivity contribution in [2.24, 2.45) is 0 Å². The molecule has 0 radical (unpaired) electrons. The Morgan fingerprint density at radius 3 is 2.16 bits per heavy atom. The Kier molecular flexibility index (Phi) is 7.67. The molecule has 5 rings (SSSR count). The van der Waals surface area contributed by atoms with E-state index in [0.29, 0.717) is 35.2 Å². The van der Waals surface area contributed by atoms with Crippen LogP contribution in [-0.4, -0.2) is 50.3 Å². The average molecular weight is 568 g/mol. The van der Waals surface area contributed by atoms with Crippen molar-refractivity contribution >= 4 is 75.5 Å². The van der Waals surface area contributed by atoms with E-state index < -0.39 is 11.8 Å². The summed E-state index contributed by atoms with van der Waals surface area (Å²) in [5, 5.41) is 0.625. The predicted molar refractivity (Wildman–Crippen MR) is 154 cm³/mol. The Balaban J connectivity index is 1.58. The molecule has 3 aromatic carbocycles. The first-order valence-corrected chi connectivity index (χ1v) is 13.0. The molecule has 10 heteroatoms. The van der Waals surface area contributed by atoms with Crippen LogP contribution in [0.15, 0.2) is 72.3 Å². The van der Waals surface area contributed by atoms with Crippen LogP contribution in [0.4, 0.5) is 17.1 Å². The second kappa shape index (κ2) is 11.1. The lowest BCUT2D eigenvalue weighted by molar-refractivity contribution is -0.120. The van der Waals surface area contributed by atoms with Gasteiger partial charge in [0.15, 0.2) is 5.11 Å². The second-order valence-corrected chi connectivity index (χ2v) is 9.82. The first-order valence-electron chi connectivity index (χ1n) is 11.8. The third-order valence-electron chi connectivity index (χ3n) is 6.31. The second-order valence-electron chi connectivity index (χ2n) is 8.61. The highest BCUT2D eigenvalue weighted by atomic mass is 35.5. The summed E-state index contributed by atoms with van der Waals surface area (Å²) in [6, 6.07) is 19.3. The van der Waals surface area contributed by atoms with Gasteiger partial charge in [-0.05, 0) is 78.5 Å². The van der Waals surface area contributed by atoms with Crippen LogP contribution < -0.4 is 19.4 Å². The van der Waals surface area contributed by atoms with Gasteiger partial charge in [0.25, 0.3) is 11.8 Å². The molecular formula is C28H23Cl2N3O4S. The lowest BCUT2D eigenvalue weighted by atomic mass is 10.0. The first-order chi connectivity index (χ1) is 18.4. The third kappa shape index (κ3) is 5.13. The summed E-state index contributed by atoms with van der Waals surface area (Å²) in [5.41, 5.74) is 2.39. The lowest BCUT2D eigenvalue weighted by Crippen LogP contribution is -2.57. The Morgan fingerprint density at radius 1 is 0.868 bits per heavy atom. The summed E-state index contributed by atoms with van der Waals surface area (Å²) in [7, 11) is 1.57. The molecule has 0 bridgehead atoms. The van der Waals surface area contributed by atoms with E-state index in [1.54, 1.807) is 49.6 Å². The summed E-state index contributed by atoms with van der Waals surface area (Å²) in [6.45, 7) is 2.89. The zero-order chi connectivity index (χ0) is 26.8. The van der Waals surface area contributed by atoms with Crippen molar-refractivity contribution in [3.8, 4) is 5.75 Å². The fourth-order valence-corrected chi connectivity index (χ4v) is 5.07. The number of thiocarbonyl (C=S) groups is 1. The summed E-state index contributed by atoms with van der Waals surface area (Å²) in [5.74, 6) is -0.477. The van der Waals surface area contributed by atoms with Crippen molar-refractivity contribution in [3.05, 3.63) is 87.9 Å². The molecule has 38 heavy (non-hydrogen) atoms. The van der Waals surface area contributed by atoms with E-state index in [2.05, 4.69) is 4.90 Å². The highest BCUT2D eigenvalue weighted by molar-refractivity contribution is 7.81. The molecule has 7 nitrogen and oxygen atoms in total. The van der Waals surface area contributed by atoms with Crippen molar-refractivity contribution in [1.29, 1.82) is 0 Å². The minimum absolute atomic E-state index is 0.0184. The lowest BCUT2D eigenvalue weighted by Gasteiger charge is -2.37. The number of halogens is 2. The summed E-state index contributed by atoms with van der Waals surface area (Å²) in [6.07, 6.45) is 1.53. The van der Waals surface area contributed by atoms with E-state index in [0.717, 1.165) is 18.8 Å². The Hall–Kier alpha value is -3.43. The van der Waals surface area contributed by atoms with E-state index in [-0.39, 0.29) is 21.4 Å². The van der Waals surface area contributed by atoms with Crippen LogP contribution in [0.3, 0.4) is 0 Å². The summed E-state index contributed by atoms with van der Waals surface area (Å²) >= 11 is 18.4. The highest BCUT2D eigenvalue weighted by Gasteiger charge is 2.42. The van der Waals surface area contributed by atoms with Crippen LogP contribution in [0.25, 0.3) is 6.08 Å². The Morgan fingerprint density at radius 2 is 1.50 bits per heavy atom. The predicted octanol–water partition coefficient (Wildman–Crippen LogP) is 5.59. The van der Waals surface area contributed by atoms with Crippen LogP contribution in [0, 0.1) is 0 Å². The van der Waals surface area contributed by atoms with Gasteiger partial charge in [0.2, 0.25) is 0 Å². The minimum Gasteiger partial charge on any atom is -0.497 e. The summed E-state index contributed by atoms with van der Waals surface area (Å²) in [4.78, 5) is 32.3. The largest absolute Gasteiger partial charge is 0.497 e. The van der Waals surface area contributed by atoms with E-state index in [1.807, 2.05) is 24.3 Å². The number of carbonyl (C=O) groups is 2. The number of morpholine rings is 1. The molecule has 2 heterocycles. The molecule has 0 atom stereocenters. The first kappa shape index (κ1) is 26.2. The quantitative estimate of drug-likeness (QED) is 0.227. The fraction of sp³-hybridized carbons (Fsp3) is 0.179. The van der Waals surface area contributed by atoms with Crippen LogP contribution in [0.1, 0.15) is 5.56 Å². The normalized spacial score (nSPS) is 17.4. The zero-order valence-corrected chi connectivity index (χ0v) is 22.7. The molecule has 0 saturated carbocycles. The standard InChI is InChI=1S/C28H23Cl2N3O4S/c1-36-22-9-2-18(3-10-22)16-23-26(34)32(21-7-5-20(6-8-21)31-12-14-37-15-13-31)28(38)33(27(23)35)25-17-19(29)4-11-24(25)30/h2-11,16-17H,12-15H2,1H3/b23-16+. The maximum atomic E-state index is 13.8. The fourth-order valence-electron chi connectivity index (χ4n) is 4.33. The monoisotopic (exact) mass is 567 g/mol. The zero-order valence-electron chi connectivity index (χ0n) is 20.4. The molecule has 2 aliphatic rings. The molecule has 0 unspecified atom stereocenters. The van der Waals surface area contributed by atoms with Gasteiger partial charge in [-0.3, -0.25) is 19.4 Å². The number of hydrogen-bond donors (Lipinski definition) is 0. The van der Waals surface area contributed by atoms with Crippen molar-refractivity contribution in [2.75, 3.05) is 48.1 Å². The maximum Gasteiger partial charge on any atom is 0.270 e. The van der Waals surface area contributed by atoms with Gasteiger partial charge < -0.3 is 14.4 Å². The van der Waals surface area contributed by atoms with Gasteiger partial charge in [0.1, 0.15) is 11.3 Å². The molecular weight excluding hydrogens is 545 g/mol. The van der Waals surface area contributed by atoms with E-state index in [9.17, 15) is 9.59 Å². The van der Waals surface area contributed by atoms with Crippen LogP contribution in [0.2, 0.25) is 10.0 Å². The molecule has 3 aromatic rings.